The van der Waals surface area contributed by atoms with Crippen molar-refractivity contribution in [2.24, 2.45) is 0 Å². The maximum Gasteiger partial charge on any atom is 0.149 e. The van der Waals surface area contributed by atoms with Crippen LogP contribution in [0.25, 0.3) is 0 Å². The van der Waals surface area contributed by atoms with Crippen molar-refractivity contribution in [3.63, 3.8) is 0 Å². The van der Waals surface area contributed by atoms with Crippen LogP contribution in [-0.2, 0) is 0 Å². The van der Waals surface area contributed by atoms with Crippen molar-refractivity contribution in [1.29, 1.82) is 0 Å². The molecule has 2 aromatic rings. The van der Waals surface area contributed by atoms with Crippen LogP contribution < -0.4 is 4.74 Å². The molecule has 3 nitrogen and oxygen atoms in total. The second-order valence-corrected chi connectivity index (χ2v) is 3.72. The molecule has 2 rings (SSSR count). The van der Waals surface area contributed by atoms with Crippen molar-refractivity contribution in [1.82, 2.24) is 0 Å². The second-order valence-electron chi connectivity index (χ2n) is 2.77. The highest BCUT2D eigenvalue weighted by Crippen LogP contribution is 2.34. The predicted molar refractivity (Wildman–Crippen MR) is 53.6 cm³/mol. The largest absolute Gasteiger partial charge is 0.495 e. The van der Waals surface area contributed by atoms with Gasteiger partial charge in [-0.3, -0.25) is 0 Å². The highest BCUT2D eigenvalue weighted by atomic mass is 32.1. The quantitative estimate of drug-likeness (QED) is 0.846. The van der Waals surface area contributed by atoms with E-state index in [4.69, 9.17) is 9.15 Å². The van der Waals surface area contributed by atoms with Crippen LogP contribution in [0.3, 0.4) is 0 Å². The van der Waals surface area contributed by atoms with Crippen LogP contribution >= 0.6 is 11.3 Å². The van der Waals surface area contributed by atoms with Gasteiger partial charge in [-0.1, -0.05) is 0 Å². The Morgan fingerprint density at radius 1 is 1.50 bits per heavy atom. The number of ether oxygens (including phenoxy) is 1. The van der Waals surface area contributed by atoms with Crippen LogP contribution in [0.5, 0.6) is 5.75 Å². The van der Waals surface area contributed by atoms with Gasteiger partial charge in [0.25, 0.3) is 0 Å². The van der Waals surface area contributed by atoms with E-state index in [0.29, 0.717) is 11.5 Å². The second kappa shape index (κ2) is 3.86. The molecule has 1 unspecified atom stereocenters. The van der Waals surface area contributed by atoms with Crippen molar-refractivity contribution in [2.75, 3.05) is 7.11 Å². The Hall–Kier alpha value is -1.26. The molecule has 2 heterocycles. The van der Waals surface area contributed by atoms with Crippen molar-refractivity contribution in [3.05, 3.63) is 40.5 Å². The average molecular weight is 210 g/mol. The van der Waals surface area contributed by atoms with E-state index in [0.717, 1.165) is 4.88 Å². The Labute approximate surface area is 85.6 Å². The lowest BCUT2D eigenvalue weighted by Crippen LogP contribution is -1.97. The van der Waals surface area contributed by atoms with Crippen molar-refractivity contribution >= 4 is 11.3 Å². The van der Waals surface area contributed by atoms with E-state index in [-0.39, 0.29) is 0 Å². The number of aliphatic hydroxyl groups excluding tert-OH is 1. The summed E-state index contributed by atoms with van der Waals surface area (Å²) in [6.45, 7) is 0. The number of methoxy groups -OCH3 is 1. The molecule has 1 atom stereocenters. The fourth-order valence-corrected chi connectivity index (χ4v) is 2.10. The zero-order valence-corrected chi connectivity index (χ0v) is 8.45. The number of rotatable bonds is 3. The van der Waals surface area contributed by atoms with Crippen LogP contribution in [0, 0.1) is 0 Å². The van der Waals surface area contributed by atoms with E-state index in [2.05, 4.69) is 0 Å². The SMILES string of the molecule is COc1ccsc1C(O)c1ccco1. The first-order valence-corrected chi connectivity index (χ1v) is 5.03. The summed E-state index contributed by atoms with van der Waals surface area (Å²) in [6, 6.07) is 5.31. The lowest BCUT2D eigenvalue weighted by Gasteiger charge is -2.07. The van der Waals surface area contributed by atoms with E-state index in [9.17, 15) is 5.11 Å². The van der Waals surface area contributed by atoms with Gasteiger partial charge in [-0.25, -0.2) is 0 Å². The molecule has 0 aliphatic carbocycles. The molecular weight excluding hydrogens is 200 g/mol. The molecular formula is C10H10O3S. The fraction of sp³-hybridized carbons (Fsp3) is 0.200. The molecule has 0 bridgehead atoms. The summed E-state index contributed by atoms with van der Waals surface area (Å²) in [5.74, 6) is 1.23. The molecule has 0 saturated heterocycles. The van der Waals surface area contributed by atoms with E-state index in [1.807, 2.05) is 11.4 Å². The van der Waals surface area contributed by atoms with Gasteiger partial charge in [-0.2, -0.15) is 0 Å². The zero-order chi connectivity index (χ0) is 9.97. The molecule has 0 amide bonds. The van der Waals surface area contributed by atoms with Crippen LogP contribution in [0.2, 0.25) is 0 Å². The lowest BCUT2D eigenvalue weighted by atomic mass is 10.2. The van der Waals surface area contributed by atoms with E-state index in [1.165, 1.54) is 11.3 Å². The van der Waals surface area contributed by atoms with E-state index >= 15 is 0 Å². The third-order valence-corrected chi connectivity index (χ3v) is 2.89. The number of furan rings is 1. The van der Waals surface area contributed by atoms with Gasteiger partial charge in [0, 0.05) is 0 Å². The Morgan fingerprint density at radius 2 is 2.36 bits per heavy atom. The smallest absolute Gasteiger partial charge is 0.149 e. The predicted octanol–water partition coefficient (Wildman–Crippen LogP) is 2.43. The molecule has 74 valence electrons. The normalized spacial score (nSPS) is 12.7. The summed E-state index contributed by atoms with van der Waals surface area (Å²) >= 11 is 1.45. The summed E-state index contributed by atoms with van der Waals surface area (Å²) in [5, 5.41) is 11.8. The van der Waals surface area contributed by atoms with Gasteiger partial charge in [0.2, 0.25) is 0 Å². The Kier molecular flexibility index (Phi) is 2.56. The molecule has 0 fully saturated rings. The molecule has 0 aromatic carbocycles. The zero-order valence-electron chi connectivity index (χ0n) is 7.64. The molecule has 2 aromatic heterocycles. The fourth-order valence-electron chi connectivity index (χ4n) is 1.25. The standard InChI is InChI=1S/C10H10O3S/c1-12-8-4-6-14-10(8)9(11)7-3-2-5-13-7/h2-6,9,11H,1H3. The molecule has 0 aliphatic heterocycles. The minimum absolute atomic E-state index is 0.533. The van der Waals surface area contributed by atoms with Gasteiger partial charge >= 0.3 is 0 Å². The number of thiophene rings is 1. The number of aliphatic hydroxyl groups is 1. The van der Waals surface area contributed by atoms with Gasteiger partial charge in [-0.15, -0.1) is 11.3 Å². The maximum absolute atomic E-state index is 9.92. The molecule has 0 saturated carbocycles. The van der Waals surface area contributed by atoms with Crippen LogP contribution in [-0.4, -0.2) is 12.2 Å². The molecule has 14 heavy (non-hydrogen) atoms. The van der Waals surface area contributed by atoms with Gasteiger partial charge in [0.05, 0.1) is 18.3 Å². The molecule has 0 radical (unpaired) electrons. The van der Waals surface area contributed by atoms with Crippen molar-refractivity contribution < 1.29 is 14.3 Å². The first-order chi connectivity index (χ1) is 6.83. The van der Waals surface area contributed by atoms with Crippen LogP contribution in [0.1, 0.15) is 16.7 Å². The maximum atomic E-state index is 9.92. The van der Waals surface area contributed by atoms with Crippen LogP contribution in [0.4, 0.5) is 0 Å². The lowest BCUT2D eigenvalue weighted by molar-refractivity contribution is 0.189. The summed E-state index contributed by atoms with van der Waals surface area (Å²) in [6.07, 6.45) is 0.804. The summed E-state index contributed by atoms with van der Waals surface area (Å²) in [4.78, 5) is 0.766. The Balaban J connectivity index is 2.31. The van der Waals surface area contributed by atoms with Crippen LogP contribution in [0.15, 0.2) is 34.3 Å². The van der Waals surface area contributed by atoms with Gasteiger partial charge in [0.15, 0.2) is 0 Å². The summed E-state index contributed by atoms with van der Waals surface area (Å²) in [7, 11) is 1.58. The van der Waals surface area contributed by atoms with Gasteiger partial charge in [-0.05, 0) is 23.6 Å². The Morgan fingerprint density at radius 3 is 3.00 bits per heavy atom. The summed E-state index contributed by atoms with van der Waals surface area (Å²) in [5.41, 5.74) is 0. The minimum atomic E-state index is -0.736. The monoisotopic (exact) mass is 210 g/mol. The highest BCUT2D eigenvalue weighted by Gasteiger charge is 2.18. The van der Waals surface area contributed by atoms with Crippen molar-refractivity contribution in [3.8, 4) is 5.75 Å². The van der Waals surface area contributed by atoms with Gasteiger partial charge in [0.1, 0.15) is 17.6 Å². The third-order valence-electron chi connectivity index (χ3n) is 1.94. The van der Waals surface area contributed by atoms with E-state index in [1.54, 1.807) is 25.5 Å². The highest BCUT2D eigenvalue weighted by molar-refractivity contribution is 7.10. The third kappa shape index (κ3) is 1.54. The number of hydrogen-bond donors (Lipinski definition) is 1. The average Bonchev–Trinajstić information content (AvgIpc) is 2.87. The van der Waals surface area contributed by atoms with Gasteiger partial charge < -0.3 is 14.3 Å². The number of hydrogen-bond acceptors (Lipinski definition) is 4. The first kappa shape index (κ1) is 9.30. The topological polar surface area (TPSA) is 42.6 Å². The van der Waals surface area contributed by atoms with E-state index < -0.39 is 6.10 Å². The molecule has 0 spiro atoms. The molecule has 0 aliphatic rings. The first-order valence-electron chi connectivity index (χ1n) is 4.15. The molecule has 4 heteroatoms. The summed E-state index contributed by atoms with van der Waals surface area (Å²) < 4.78 is 10.2. The minimum Gasteiger partial charge on any atom is -0.495 e. The van der Waals surface area contributed by atoms with Crippen molar-refractivity contribution in [2.45, 2.75) is 6.10 Å². The Bertz CT molecular complexity index is 391. The molecule has 1 N–H and O–H groups in total.